The number of pyridine rings is 1. The van der Waals surface area contributed by atoms with E-state index in [2.05, 4.69) is 15.6 Å². The Labute approximate surface area is 192 Å². The average molecular weight is 477 g/mol. The molecule has 0 aliphatic rings. The van der Waals surface area contributed by atoms with E-state index < -0.39 is 10.0 Å². The topological polar surface area (TPSA) is 101 Å². The van der Waals surface area contributed by atoms with Crippen LogP contribution in [0.1, 0.15) is 16.8 Å². The van der Waals surface area contributed by atoms with Crippen molar-refractivity contribution in [2.45, 2.75) is 11.3 Å². The zero-order chi connectivity index (χ0) is 23.3. The molecule has 8 nitrogen and oxygen atoms in total. The van der Waals surface area contributed by atoms with Crippen LogP contribution in [0.5, 0.6) is 5.75 Å². The fraction of sp³-hybridized carbons (Fsp3) is 0.273. The minimum atomic E-state index is -3.75. The average Bonchev–Trinajstić information content (AvgIpc) is 2.77. The molecule has 1 heterocycles. The summed E-state index contributed by atoms with van der Waals surface area (Å²) < 4.78 is 31.3. The van der Waals surface area contributed by atoms with Crippen molar-refractivity contribution in [3.05, 3.63) is 59.2 Å². The van der Waals surface area contributed by atoms with Gasteiger partial charge in [-0.3, -0.25) is 9.78 Å². The molecule has 3 rings (SSSR count). The van der Waals surface area contributed by atoms with Gasteiger partial charge in [0.1, 0.15) is 10.6 Å². The molecule has 2 N–H and O–H groups in total. The second kappa shape index (κ2) is 10.2. The molecule has 10 heteroatoms. The largest absolute Gasteiger partial charge is 0.495 e. The van der Waals surface area contributed by atoms with Crippen LogP contribution in [0.15, 0.2) is 53.6 Å². The molecule has 0 spiro atoms. The van der Waals surface area contributed by atoms with Crippen molar-refractivity contribution < 1.29 is 17.9 Å². The molecular formula is C22H25ClN4O4S. The van der Waals surface area contributed by atoms with Crippen LogP contribution in [0.2, 0.25) is 5.02 Å². The Bertz CT molecular complexity index is 1230. The van der Waals surface area contributed by atoms with E-state index in [1.807, 2.05) is 24.3 Å². The van der Waals surface area contributed by atoms with Gasteiger partial charge in [0.15, 0.2) is 0 Å². The van der Waals surface area contributed by atoms with E-state index in [9.17, 15) is 13.2 Å². The summed E-state index contributed by atoms with van der Waals surface area (Å²) in [7, 11) is 0.487. The molecule has 1 amide bonds. The molecule has 0 saturated heterocycles. The van der Waals surface area contributed by atoms with Crippen LogP contribution >= 0.6 is 11.6 Å². The van der Waals surface area contributed by atoms with E-state index in [0.717, 1.165) is 20.9 Å². The molecule has 0 atom stereocenters. The number of sulfonamides is 1. The number of hydrogen-bond acceptors (Lipinski definition) is 6. The smallest absolute Gasteiger partial charge is 0.251 e. The SMILES string of the molecule is COc1ccc(C(=O)NCCCNc2ccnc3cc(Cl)ccc23)cc1S(=O)(=O)N(C)C. The predicted octanol–water partition coefficient (Wildman–Crippen LogP) is 3.38. The number of ether oxygens (including phenoxy) is 1. The van der Waals surface area contributed by atoms with Gasteiger partial charge in [-0.25, -0.2) is 12.7 Å². The first-order valence-corrected chi connectivity index (χ1v) is 11.7. The molecule has 3 aromatic rings. The van der Waals surface area contributed by atoms with E-state index in [-0.39, 0.29) is 22.1 Å². The van der Waals surface area contributed by atoms with Gasteiger partial charge in [0, 0.05) is 55.0 Å². The summed E-state index contributed by atoms with van der Waals surface area (Å²) in [4.78, 5) is 16.8. The Morgan fingerprint density at radius 3 is 2.62 bits per heavy atom. The maximum atomic E-state index is 12.5. The van der Waals surface area contributed by atoms with Crippen molar-refractivity contribution >= 4 is 44.1 Å². The summed E-state index contributed by atoms with van der Waals surface area (Å²) in [6, 6.07) is 11.8. The number of benzene rings is 2. The minimum Gasteiger partial charge on any atom is -0.495 e. The lowest BCUT2D eigenvalue weighted by Gasteiger charge is -2.15. The van der Waals surface area contributed by atoms with Gasteiger partial charge in [0.05, 0.1) is 12.6 Å². The Hall–Kier alpha value is -2.88. The van der Waals surface area contributed by atoms with Crippen molar-refractivity contribution in [3.63, 3.8) is 0 Å². The van der Waals surface area contributed by atoms with Gasteiger partial charge >= 0.3 is 0 Å². The van der Waals surface area contributed by atoms with Crippen LogP contribution in [-0.2, 0) is 10.0 Å². The number of nitrogens with zero attached hydrogens (tertiary/aromatic N) is 2. The van der Waals surface area contributed by atoms with E-state index in [0.29, 0.717) is 24.5 Å². The monoisotopic (exact) mass is 476 g/mol. The number of fused-ring (bicyclic) bond motifs is 1. The number of carbonyl (C=O) groups is 1. The molecule has 1 aromatic heterocycles. The number of hydrogen-bond donors (Lipinski definition) is 2. The van der Waals surface area contributed by atoms with Crippen molar-refractivity contribution in [1.29, 1.82) is 0 Å². The van der Waals surface area contributed by atoms with E-state index in [1.165, 1.54) is 39.4 Å². The lowest BCUT2D eigenvalue weighted by atomic mass is 10.2. The second-order valence-corrected chi connectivity index (χ2v) is 9.77. The van der Waals surface area contributed by atoms with E-state index >= 15 is 0 Å². The lowest BCUT2D eigenvalue weighted by molar-refractivity contribution is 0.0953. The first kappa shape index (κ1) is 23.8. The third-order valence-corrected chi connectivity index (χ3v) is 6.92. The summed E-state index contributed by atoms with van der Waals surface area (Å²) in [6.45, 7) is 1.05. The third-order valence-electron chi connectivity index (χ3n) is 4.84. The van der Waals surface area contributed by atoms with Gasteiger partial charge in [-0.1, -0.05) is 11.6 Å². The summed E-state index contributed by atoms with van der Waals surface area (Å²) in [5, 5.41) is 7.75. The molecular weight excluding hydrogens is 452 g/mol. The van der Waals surface area contributed by atoms with E-state index in [4.69, 9.17) is 16.3 Å². The number of carbonyl (C=O) groups excluding carboxylic acids is 1. The van der Waals surface area contributed by atoms with Crippen molar-refractivity contribution in [2.75, 3.05) is 39.6 Å². The highest BCUT2D eigenvalue weighted by Crippen LogP contribution is 2.27. The summed E-state index contributed by atoms with van der Waals surface area (Å²) >= 11 is 6.02. The first-order chi connectivity index (χ1) is 15.2. The van der Waals surface area contributed by atoms with Gasteiger partial charge in [-0.2, -0.15) is 0 Å². The molecule has 170 valence electrons. The van der Waals surface area contributed by atoms with Gasteiger partial charge in [-0.15, -0.1) is 0 Å². The van der Waals surface area contributed by atoms with Crippen molar-refractivity contribution in [3.8, 4) is 5.75 Å². The Kier molecular flexibility index (Phi) is 7.55. The van der Waals surface area contributed by atoms with Crippen LogP contribution < -0.4 is 15.4 Å². The molecule has 0 radical (unpaired) electrons. The third kappa shape index (κ3) is 5.29. The molecule has 0 fully saturated rings. The zero-order valence-corrected chi connectivity index (χ0v) is 19.6. The van der Waals surface area contributed by atoms with Crippen LogP contribution in [0.3, 0.4) is 0 Å². The summed E-state index contributed by atoms with van der Waals surface area (Å²) in [5.74, 6) is -0.169. The van der Waals surface area contributed by atoms with E-state index in [1.54, 1.807) is 6.20 Å². The molecule has 0 bridgehead atoms. The van der Waals surface area contributed by atoms with Crippen LogP contribution in [0.4, 0.5) is 5.69 Å². The molecule has 0 aliphatic carbocycles. The number of nitrogens with one attached hydrogen (secondary N) is 2. The van der Waals surface area contributed by atoms with Gasteiger partial charge in [0.2, 0.25) is 10.0 Å². The number of methoxy groups -OCH3 is 1. The van der Waals surface area contributed by atoms with Crippen LogP contribution in [0, 0.1) is 0 Å². The number of aromatic nitrogens is 1. The highest BCUT2D eigenvalue weighted by atomic mass is 35.5. The lowest BCUT2D eigenvalue weighted by Crippen LogP contribution is -2.27. The molecule has 0 saturated carbocycles. The maximum absolute atomic E-state index is 12.5. The minimum absolute atomic E-state index is 0.0519. The number of anilines is 1. The number of amides is 1. The quantitative estimate of drug-likeness (QED) is 0.459. The van der Waals surface area contributed by atoms with Crippen molar-refractivity contribution in [1.82, 2.24) is 14.6 Å². The molecule has 2 aromatic carbocycles. The number of rotatable bonds is 9. The van der Waals surface area contributed by atoms with Crippen molar-refractivity contribution in [2.24, 2.45) is 0 Å². The van der Waals surface area contributed by atoms with Gasteiger partial charge in [-0.05, 0) is 48.9 Å². The standard InChI is InChI=1S/C22H25ClN4O4S/c1-27(2)32(29,30)21-13-15(5-8-20(21)31-3)22(28)26-11-4-10-24-18-9-12-25-19-14-16(23)6-7-17(18)19/h5-9,12-14H,4,10-11H2,1-3H3,(H,24,25)(H,26,28). The van der Waals surface area contributed by atoms with Crippen LogP contribution in [-0.4, -0.2) is 57.9 Å². The normalized spacial score (nSPS) is 11.5. The Balaban J connectivity index is 1.59. The predicted molar refractivity (Wildman–Crippen MR) is 126 cm³/mol. The maximum Gasteiger partial charge on any atom is 0.251 e. The molecule has 0 unspecified atom stereocenters. The fourth-order valence-electron chi connectivity index (χ4n) is 3.11. The highest BCUT2D eigenvalue weighted by molar-refractivity contribution is 7.89. The summed E-state index contributed by atoms with van der Waals surface area (Å²) in [5.41, 5.74) is 1.99. The highest BCUT2D eigenvalue weighted by Gasteiger charge is 2.23. The fourth-order valence-corrected chi connectivity index (χ4v) is 4.35. The number of halogens is 1. The first-order valence-electron chi connectivity index (χ1n) is 9.91. The van der Waals surface area contributed by atoms with Gasteiger partial charge in [0.25, 0.3) is 5.91 Å². The Morgan fingerprint density at radius 1 is 1.12 bits per heavy atom. The van der Waals surface area contributed by atoms with Gasteiger partial charge < -0.3 is 15.4 Å². The molecule has 32 heavy (non-hydrogen) atoms. The Morgan fingerprint density at radius 2 is 1.91 bits per heavy atom. The molecule has 0 aliphatic heterocycles. The van der Waals surface area contributed by atoms with Crippen LogP contribution in [0.25, 0.3) is 10.9 Å². The summed E-state index contributed by atoms with van der Waals surface area (Å²) in [6.07, 6.45) is 2.38. The zero-order valence-electron chi connectivity index (χ0n) is 18.1. The second-order valence-electron chi connectivity index (χ2n) is 7.21.